The summed E-state index contributed by atoms with van der Waals surface area (Å²) in [6.07, 6.45) is 6.38. The fraction of sp³-hybridized carbons (Fsp3) is 0.545. The highest BCUT2D eigenvalue weighted by molar-refractivity contribution is 6.05. The van der Waals surface area contributed by atoms with Gasteiger partial charge in [-0.3, -0.25) is 9.78 Å². The van der Waals surface area contributed by atoms with Crippen LogP contribution in [-0.4, -0.2) is 29.7 Å². The molecule has 0 aliphatic heterocycles. The molecule has 1 heterocycles. The number of benzene rings is 1. The van der Waals surface area contributed by atoms with E-state index in [0.29, 0.717) is 19.1 Å². The molecule has 0 radical (unpaired) electrons. The first-order chi connectivity index (χ1) is 13.1. The lowest BCUT2D eigenvalue weighted by Crippen LogP contribution is -2.48. The Morgan fingerprint density at radius 2 is 2.19 bits per heavy atom. The number of nitrogens with zero attached hydrogens (tertiary/aromatic N) is 1. The molecule has 1 N–H and O–H groups in total. The number of carbonyl (C=O) groups excluding carboxylic acids is 1. The predicted octanol–water partition coefficient (Wildman–Crippen LogP) is 4.95. The minimum absolute atomic E-state index is 0.0525. The first kappa shape index (κ1) is 19.6. The first-order valence-corrected chi connectivity index (χ1v) is 10.1. The van der Waals surface area contributed by atoms with Gasteiger partial charge in [-0.1, -0.05) is 20.3 Å². The molecule has 5 heteroatoms. The Balaban J connectivity index is 1.90. The number of nitrogens with one attached hydrogen (secondary N) is 1. The fourth-order valence-electron chi connectivity index (χ4n) is 4.00. The summed E-state index contributed by atoms with van der Waals surface area (Å²) in [5.41, 5.74) is 0.786. The third kappa shape index (κ3) is 4.24. The number of anilines is 1. The predicted molar refractivity (Wildman–Crippen MR) is 108 cm³/mol. The third-order valence-corrected chi connectivity index (χ3v) is 5.23. The summed E-state index contributed by atoms with van der Waals surface area (Å²) in [6.45, 7) is 7.39. The van der Waals surface area contributed by atoms with Gasteiger partial charge in [-0.25, -0.2) is 0 Å². The molecular weight excluding hydrogens is 340 g/mol. The van der Waals surface area contributed by atoms with E-state index < -0.39 is 5.60 Å². The van der Waals surface area contributed by atoms with Gasteiger partial charge in [-0.15, -0.1) is 0 Å². The van der Waals surface area contributed by atoms with E-state index in [9.17, 15) is 4.79 Å². The summed E-state index contributed by atoms with van der Waals surface area (Å²) in [5.74, 6) is 1.18. The second-order valence-electron chi connectivity index (χ2n) is 7.44. The van der Waals surface area contributed by atoms with Crippen molar-refractivity contribution < 1.29 is 14.3 Å². The molecule has 1 aliphatic carbocycles. The number of aromatic nitrogens is 1. The monoisotopic (exact) mass is 370 g/mol. The molecule has 0 bridgehead atoms. The summed E-state index contributed by atoms with van der Waals surface area (Å²) in [7, 11) is 0. The van der Waals surface area contributed by atoms with E-state index >= 15 is 0 Å². The molecule has 3 rings (SSSR count). The summed E-state index contributed by atoms with van der Waals surface area (Å²) in [5, 5.41) is 4.01. The zero-order valence-electron chi connectivity index (χ0n) is 16.6. The highest BCUT2D eigenvalue weighted by Gasteiger charge is 2.42. The van der Waals surface area contributed by atoms with Crippen LogP contribution in [0.3, 0.4) is 0 Å². The van der Waals surface area contributed by atoms with Crippen LogP contribution in [0.15, 0.2) is 30.5 Å². The van der Waals surface area contributed by atoms with Crippen molar-refractivity contribution in [3.05, 3.63) is 30.5 Å². The van der Waals surface area contributed by atoms with Gasteiger partial charge in [-0.2, -0.15) is 0 Å². The van der Waals surface area contributed by atoms with Gasteiger partial charge in [0.05, 0.1) is 12.3 Å². The molecule has 146 valence electrons. The maximum absolute atomic E-state index is 13.2. The van der Waals surface area contributed by atoms with Crippen molar-refractivity contribution in [3.8, 4) is 5.75 Å². The van der Waals surface area contributed by atoms with E-state index in [4.69, 9.17) is 9.47 Å². The Labute approximate surface area is 161 Å². The maximum Gasteiger partial charge on any atom is 0.256 e. The molecule has 1 aromatic heterocycles. The van der Waals surface area contributed by atoms with Crippen LogP contribution in [0.4, 0.5) is 5.69 Å². The van der Waals surface area contributed by atoms with E-state index in [-0.39, 0.29) is 5.91 Å². The van der Waals surface area contributed by atoms with Crippen LogP contribution in [0, 0.1) is 5.92 Å². The molecule has 1 saturated carbocycles. The Kier molecular flexibility index (Phi) is 6.32. The minimum Gasteiger partial charge on any atom is -0.491 e. The highest BCUT2D eigenvalue weighted by Crippen LogP contribution is 2.37. The SMILES string of the molecule is CCCOc1ccc(NC(=O)[C@@]2(OCC)CCC[C@H](C)C2)c2cccnc12. The molecule has 0 spiro atoms. The fourth-order valence-corrected chi connectivity index (χ4v) is 4.00. The van der Waals surface area contributed by atoms with Crippen LogP contribution in [0.25, 0.3) is 10.9 Å². The van der Waals surface area contributed by atoms with Crippen molar-refractivity contribution in [3.63, 3.8) is 0 Å². The first-order valence-electron chi connectivity index (χ1n) is 10.1. The Morgan fingerprint density at radius 1 is 1.33 bits per heavy atom. The molecule has 1 aromatic carbocycles. The van der Waals surface area contributed by atoms with Crippen LogP contribution >= 0.6 is 0 Å². The van der Waals surface area contributed by atoms with Crippen LogP contribution in [-0.2, 0) is 9.53 Å². The van der Waals surface area contributed by atoms with E-state index in [1.54, 1.807) is 6.20 Å². The zero-order chi connectivity index (χ0) is 19.3. The Morgan fingerprint density at radius 3 is 2.93 bits per heavy atom. The number of carbonyl (C=O) groups is 1. The molecule has 2 atom stereocenters. The molecule has 0 saturated heterocycles. The zero-order valence-corrected chi connectivity index (χ0v) is 16.6. The second kappa shape index (κ2) is 8.70. The maximum atomic E-state index is 13.2. The number of pyridine rings is 1. The summed E-state index contributed by atoms with van der Waals surface area (Å²) >= 11 is 0. The second-order valence-corrected chi connectivity index (χ2v) is 7.44. The molecule has 1 amide bonds. The lowest BCUT2D eigenvalue weighted by molar-refractivity contribution is -0.147. The topological polar surface area (TPSA) is 60.5 Å². The average molecular weight is 370 g/mol. The van der Waals surface area contributed by atoms with Crippen LogP contribution in [0.1, 0.15) is 52.9 Å². The molecule has 2 aromatic rings. The molecule has 1 fully saturated rings. The van der Waals surface area contributed by atoms with Gasteiger partial charge in [0.1, 0.15) is 16.9 Å². The molecule has 0 unspecified atom stereocenters. The van der Waals surface area contributed by atoms with E-state index in [0.717, 1.165) is 54.4 Å². The smallest absolute Gasteiger partial charge is 0.256 e. The van der Waals surface area contributed by atoms with Crippen molar-refractivity contribution >= 4 is 22.5 Å². The minimum atomic E-state index is -0.738. The van der Waals surface area contributed by atoms with E-state index in [2.05, 4.69) is 24.1 Å². The highest BCUT2D eigenvalue weighted by atomic mass is 16.5. The number of hydrogen-bond donors (Lipinski definition) is 1. The Hall–Kier alpha value is -2.14. The van der Waals surface area contributed by atoms with Gasteiger partial charge in [0.25, 0.3) is 5.91 Å². The standard InChI is InChI=1S/C22H30N2O3/c1-4-14-26-19-11-10-18(17-9-7-13-23-20(17)19)24-21(25)22(27-5-2)12-6-8-16(3)15-22/h7,9-11,13,16H,4-6,8,12,14-15H2,1-3H3,(H,24,25)/t16-,22+/m0/s1. The van der Waals surface area contributed by atoms with Crippen molar-refractivity contribution in [1.82, 2.24) is 4.98 Å². The largest absolute Gasteiger partial charge is 0.491 e. The molecular formula is C22H30N2O3. The summed E-state index contributed by atoms with van der Waals surface area (Å²) < 4.78 is 11.8. The number of rotatable bonds is 7. The average Bonchev–Trinajstić information content (AvgIpc) is 2.67. The van der Waals surface area contributed by atoms with Crippen LogP contribution in [0.2, 0.25) is 0 Å². The number of hydrogen-bond acceptors (Lipinski definition) is 4. The van der Waals surface area contributed by atoms with Gasteiger partial charge >= 0.3 is 0 Å². The van der Waals surface area contributed by atoms with E-state index in [1.807, 2.05) is 31.2 Å². The normalized spacial score (nSPS) is 22.6. The summed E-state index contributed by atoms with van der Waals surface area (Å²) in [6, 6.07) is 7.63. The van der Waals surface area contributed by atoms with Crippen molar-refractivity contribution in [2.24, 2.45) is 5.92 Å². The molecule has 27 heavy (non-hydrogen) atoms. The lowest BCUT2D eigenvalue weighted by Gasteiger charge is -2.38. The van der Waals surface area contributed by atoms with Gasteiger partial charge < -0.3 is 14.8 Å². The number of fused-ring (bicyclic) bond motifs is 1. The number of ether oxygens (including phenoxy) is 2. The van der Waals surface area contributed by atoms with Gasteiger partial charge in [-0.05, 0) is 62.8 Å². The lowest BCUT2D eigenvalue weighted by atomic mass is 9.78. The van der Waals surface area contributed by atoms with Gasteiger partial charge in [0.15, 0.2) is 0 Å². The number of amides is 1. The van der Waals surface area contributed by atoms with E-state index in [1.165, 1.54) is 0 Å². The third-order valence-electron chi connectivity index (χ3n) is 5.23. The van der Waals surface area contributed by atoms with Crippen LogP contribution < -0.4 is 10.1 Å². The Bertz CT molecular complexity index is 788. The van der Waals surface area contributed by atoms with Gasteiger partial charge in [0.2, 0.25) is 0 Å². The van der Waals surface area contributed by atoms with Gasteiger partial charge in [0, 0.05) is 18.2 Å². The van der Waals surface area contributed by atoms with Crippen molar-refractivity contribution in [1.29, 1.82) is 0 Å². The van der Waals surface area contributed by atoms with Crippen molar-refractivity contribution in [2.45, 2.75) is 58.5 Å². The van der Waals surface area contributed by atoms with Crippen molar-refractivity contribution in [2.75, 3.05) is 18.5 Å². The summed E-state index contributed by atoms with van der Waals surface area (Å²) in [4.78, 5) is 17.7. The van der Waals surface area contributed by atoms with Crippen LogP contribution in [0.5, 0.6) is 5.75 Å². The molecule has 1 aliphatic rings. The molecule has 5 nitrogen and oxygen atoms in total. The quantitative estimate of drug-likeness (QED) is 0.749.